The molecule has 1 aromatic rings. The van der Waals surface area contributed by atoms with Crippen molar-refractivity contribution in [3.05, 3.63) is 50.5 Å². The van der Waals surface area contributed by atoms with Crippen LogP contribution >= 0.6 is 11.8 Å². The molecule has 2 amide bonds. The predicted octanol–water partition coefficient (Wildman–Crippen LogP) is 2.90. The topological polar surface area (TPSA) is 154 Å². The number of carbonyl (C=O) groups is 3. The van der Waals surface area contributed by atoms with Gasteiger partial charge in [0, 0.05) is 54.4 Å². The highest BCUT2D eigenvalue weighted by atomic mass is 32.2. The molecule has 0 aromatic heterocycles. The number of nitro benzene ring substituents is 1. The Morgan fingerprint density at radius 1 is 1.17 bits per heavy atom. The number of aliphatic hydroxyl groups excluding tert-OH is 1. The fraction of sp³-hybridized carbons (Fsp3) is 0.607. The van der Waals surface area contributed by atoms with Crippen LogP contribution in [0.5, 0.6) is 0 Å². The van der Waals surface area contributed by atoms with Gasteiger partial charge in [0.05, 0.1) is 23.0 Å². The maximum absolute atomic E-state index is 12.6. The second-order valence-electron chi connectivity index (χ2n) is 11.5. The van der Waals surface area contributed by atoms with Gasteiger partial charge in [-0.2, -0.15) is 0 Å². The number of aliphatic carboxylic acids is 1. The molecule has 5 rings (SSSR count). The van der Waals surface area contributed by atoms with Crippen LogP contribution in [0.25, 0.3) is 0 Å². The zero-order chi connectivity index (χ0) is 29.4. The molecule has 0 spiro atoms. The van der Waals surface area contributed by atoms with Crippen LogP contribution in [0, 0.1) is 27.9 Å². The molecular weight excluding hydrogens is 552 g/mol. The van der Waals surface area contributed by atoms with Gasteiger partial charge in [-0.3, -0.25) is 14.9 Å². The van der Waals surface area contributed by atoms with E-state index in [4.69, 9.17) is 4.74 Å². The number of rotatable bonds is 9. The number of carbonyl (C=O) groups excluding carboxylic acids is 2. The number of amides is 2. The van der Waals surface area contributed by atoms with Crippen molar-refractivity contribution in [3.8, 4) is 0 Å². The minimum absolute atomic E-state index is 0.00694. The fourth-order valence-corrected chi connectivity index (χ4v) is 8.05. The summed E-state index contributed by atoms with van der Waals surface area (Å²) in [6.07, 6.45) is 1.47. The zero-order valence-electron chi connectivity index (χ0n) is 23.2. The molecule has 3 fully saturated rings. The minimum Gasteiger partial charge on any atom is -0.477 e. The molecule has 4 heterocycles. The Labute approximate surface area is 242 Å². The number of carboxylic acids is 1. The van der Waals surface area contributed by atoms with Crippen molar-refractivity contribution in [2.75, 3.05) is 32.7 Å². The quantitative estimate of drug-likeness (QED) is 0.250. The molecule has 1 aromatic carbocycles. The van der Waals surface area contributed by atoms with Gasteiger partial charge in [-0.1, -0.05) is 6.92 Å². The largest absolute Gasteiger partial charge is 0.477 e. The van der Waals surface area contributed by atoms with Gasteiger partial charge in [-0.25, -0.2) is 9.59 Å². The highest BCUT2D eigenvalue weighted by Gasteiger charge is 2.60. The first-order valence-electron chi connectivity index (χ1n) is 14.1. The Morgan fingerprint density at radius 3 is 2.46 bits per heavy atom. The predicted molar refractivity (Wildman–Crippen MR) is 150 cm³/mol. The Morgan fingerprint density at radius 2 is 1.85 bits per heavy atom. The summed E-state index contributed by atoms with van der Waals surface area (Å²) in [5.74, 6) is -1.63. The lowest BCUT2D eigenvalue weighted by Gasteiger charge is -2.46. The number of nitro groups is 1. The second kappa shape index (κ2) is 12.0. The molecule has 0 bridgehead atoms. The SMILES string of the molecule is CC(O)[C@H]1C(=O)N2C(C(=O)O)=C(S[C@@H]3CCN(CC4CCN(C(=O)OCc5ccc([N+](=O)[O-])cc5)CC4)C3)[C@H](C)[C@H]12. The summed E-state index contributed by atoms with van der Waals surface area (Å²) in [7, 11) is 0. The van der Waals surface area contributed by atoms with Crippen LogP contribution in [-0.2, 0) is 20.9 Å². The molecular formula is C28H36N4O8S. The van der Waals surface area contributed by atoms with Gasteiger partial charge in [-0.15, -0.1) is 11.8 Å². The Kier molecular flexibility index (Phi) is 8.57. The Balaban J connectivity index is 1.07. The third-order valence-electron chi connectivity index (χ3n) is 8.73. The van der Waals surface area contributed by atoms with E-state index < -0.39 is 22.9 Å². The van der Waals surface area contributed by atoms with E-state index >= 15 is 0 Å². The van der Waals surface area contributed by atoms with E-state index in [1.807, 2.05) is 6.92 Å². The summed E-state index contributed by atoms with van der Waals surface area (Å²) in [6.45, 7) is 7.49. The molecule has 12 nitrogen and oxygen atoms in total. The number of β-lactam (4-membered cyclic amide) rings is 1. The molecule has 5 atom stereocenters. The first-order valence-corrected chi connectivity index (χ1v) is 15.0. The van der Waals surface area contributed by atoms with Crippen molar-refractivity contribution in [1.82, 2.24) is 14.7 Å². The van der Waals surface area contributed by atoms with E-state index in [-0.39, 0.29) is 47.2 Å². The Hall–Kier alpha value is -3.16. The van der Waals surface area contributed by atoms with Gasteiger partial charge in [0.15, 0.2) is 0 Å². The van der Waals surface area contributed by atoms with Gasteiger partial charge in [0.25, 0.3) is 5.69 Å². The van der Waals surface area contributed by atoms with Crippen molar-refractivity contribution in [2.45, 2.75) is 57.1 Å². The summed E-state index contributed by atoms with van der Waals surface area (Å²) >= 11 is 1.58. The van der Waals surface area contributed by atoms with E-state index in [2.05, 4.69) is 4.90 Å². The number of hydrogen-bond acceptors (Lipinski definition) is 9. The van der Waals surface area contributed by atoms with Crippen LogP contribution in [0.2, 0.25) is 0 Å². The van der Waals surface area contributed by atoms with Gasteiger partial charge in [-0.05, 0) is 56.3 Å². The van der Waals surface area contributed by atoms with Gasteiger partial charge < -0.3 is 29.6 Å². The average molecular weight is 589 g/mol. The molecule has 0 radical (unpaired) electrons. The number of hydrogen-bond donors (Lipinski definition) is 2. The lowest BCUT2D eigenvalue weighted by atomic mass is 9.79. The molecule has 41 heavy (non-hydrogen) atoms. The molecule has 0 saturated carbocycles. The van der Waals surface area contributed by atoms with E-state index in [1.54, 1.807) is 35.7 Å². The molecule has 0 aliphatic carbocycles. The normalized spacial score (nSPS) is 27.5. The second-order valence-corrected chi connectivity index (χ2v) is 12.8. The van der Waals surface area contributed by atoms with Gasteiger partial charge >= 0.3 is 12.1 Å². The van der Waals surface area contributed by atoms with E-state index in [0.717, 1.165) is 43.8 Å². The van der Waals surface area contributed by atoms with Crippen LogP contribution in [0.1, 0.15) is 38.7 Å². The smallest absolute Gasteiger partial charge is 0.410 e. The van der Waals surface area contributed by atoms with Crippen LogP contribution in [-0.4, -0.2) is 97.9 Å². The first kappa shape index (κ1) is 29.3. The monoisotopic (exact) mass is 588 g/mol. The number of benzene rings is 1. The van der Waals surface area contributed by atoms with Crippen molar-refractivity contribution in [1.29, 1.82) is 0 Å². The fourth-order valence-electron chi connectivity index (χ4n) is 6.53. The van der Waals surface area contributed by atoms with Gasteiger partial charge in [0.1, 0.15) is 12.3 Å². The number of nitrogens with zero attached hydrogens (tertiary/aromatic N) is 4. The number of carboxylic acid groups (broad SMARTS) is 1. The van der Waals surface area contributed by atoms with Crippen LogP contribution < -0.4 is 0 Å². The molecule has 4 aliphatic heterocycles. The van der Waals surface area contributed by atoms with E-state index in [9.17, 15) is 34.7 Å². The average Bonchev–Trinajstić information content (AvgIpc) is 3.47. The third-order valence-corrected chi connectivity index (χ3v) is 10.3. The van der Waals surface area contributed by atoms with Gasteiger partial charge in [0.2, 0.25) is 5.91 Å². The first-order chi connectivity index (χ1) is 19.5. The van der Waals surface area contributed by atoms with Crippen molar-refractivity contribution in [3.63, 3.8) is 0 Å². The minimum atomic E-state index is -1.09. The van der Waals surface area contributed by atoms with Crippen molar-refractivity contribution in [2.24, 2.45) is 17.8 Å². The van der Waals surface area contributed by atoms with Crippen molar-refractivity contribution >= 4 is 35.4 Å². The summed E-state index contributed by atoms with van der Waals surface area (Å²) in [5, 5.41) is 31.0. The summed E-state index contributed by atoms with van der Waals surface area (Å²) in [4.78, 5) is 53.8. The van der Waals surface area contributed by atoms with Crippen LogP contribution in [0.4, 0.5) is 10.5 Å². The molecule has 13 heteroatoms. The van der Waals surface area contributed by atoms with Crippen molar-refractivity contribution < 1.29 is 34.3 Å². The Bertz CT molecular complexity index is 1230. The molecule has 1 unspecified atom stereocenters. The highest BCUT2D eigenvalue weighted by molar-refractivity contribution is 8.03. The summed E-state index contributed by atoms with van der Waals surface area (Å²) < 4.78 is 5.41. The highest BCUT2D eigenvalue weighted by Crippen LogP contribution is 2.52. The number of likely N-dealkylation sites (tertiary alicyclic amines) is 2. The number of aliphatic hydroxyl groups is 1. The maximum Gasteiger partial charge on any atom is 0.410 e. The lowest BCUT2D eigenvalue weighted by Crippen LogP contribution is -2.63. The standard InChI is InChI=1S/C28H36N4O8S/c1-16-23-22(17(2)33)26(34)31(23)24(27(35)36)25(16)41-21-9-10-29(14-21)13-18-7-11-30(12-8-18)28(37)40-15-19-3-5-20(6-4-19)32(38)39/h3-6,16-18,21-23,33H,7-15H2,1-2H3,(H,35,36)/t16-,17?,21-,22-,23-/m1/s1. The summed E-state index contributed by atoms with van der Waals surface area (Å²) in [6, 6.07) is 5.66. The number of ether oxygens (including phenoxy) is 1. The number of thioether (sulfide) groups is 1. The third kappa shape index (κ3) is 5.93. The number of fused-ring (bicyclic) bond motifs is 1. The van der Waals surface area contributed by atoms with Crippen LogP contribution in [0.3, 0.4) is 0 Å². The molecule has 3 saturated heterocycles. The lowest BCUT2D eigenvalue weighted by molar-refractivity contribution is -0.384. The number of piperidine rings is 1. The van der Waals surface area contributed by atoms with E-state index in [0.29, 0.717) is 24.6 Å². The zero-order valence-corrected chi connectivity index (χ0v) is 24.0. The molecule has 2 N–H and O–H groups in total. The molecule has 4 aliphatic rings. The molecule has 222 valence electrons. The maximum atomic E-state index is 12.6. The number of non-ortho nitro benzene ring substituents is 1. The van der Waals surface area contributed by atoms with E-state index in [1.165, 1.54) is 17.0 Å². The summed E-state index contributed by atoms with van der Waals surface area (Å²) in [5.41, 5.74) is 0.769. The van der Waals surface area contributed by atoms with Crippen LogP contribution in [0.15, 0.2) is 34.9 Å².